The molecule has 2 aromatic carbocycles. The highest BCUT2D eigenvalue weighted by molar-refractivity contribution is 7.88. The molecule has 1 aliphatic heterocycles. The molecule has 2 amide bonds. The molecule has 0 saturated carbocycles. The minimum Gasteiger partial charge on any atom is -0.415 e. The molecule has 230 valence electrons. The maximum atomic E-state index is 15.1. The average molecular weight is 624 g/mol. The molecule has 0 aromatic heterocycles. The van der Waals surface area contributed by atoms with E-state index in [0.717, 1.165) is 10.1 Å². The Hall–Kier alpha value is -2.86. The van der Waals surface area contributed by atoms with E-state index in [4.69, 9.17) is 16.3 Å². The summed E-state index contributed by atoms with van der Waals surface area (Å²) in [5, 5.41) is 6.64. The van der Waals surface area contributed by atoms with E-state index in [1.807, 2.05) is 20.8 Å². The Kier molecular flexibility index (Phi) is 11.7. The summed E-state index contributed by atoms with van der Waals surface area (Å²) in [6, 6.07) is 9.92. The zero-order valence-corrected chi connectivity index (χ0v) is 26.3. The molecule has 1 aliphatic rings. The summed E-state index contributed by atoms with van der Waals surface area (Å²) >= 11 is 6.09. The lowest BCUT2D eigenvalue weighted by Crippen LogP contribution is -2.57. The van der Waals surface area contributed by atoms with Crippen LogP contribution >= 0.6 is 11.6 Å². The molecule has 0 aliphatic carbocycles. The lowest BCUT2D eigenvalue weighted by atomic mass is 9.81. The second kappa shape index (κ2) is 14.5. The van der Waals surface area contributed by atoms with Gasteiger partial charge >= 0.3 is 6.09 Å². The number of ether oxygens (including phenoxy) is 1. The van der Waals surface area contributed by atoms with Gasteiger partial charge in [0.15, 0.2) is 0 Å². The van der Waals surface area contributed by atoms with Gasteiger partial charge < -0.3 is 15.4 Å². The second-order valence-electron chi connectivity index (χ2n) is 11.1. The summed E-state index contributed by atoms with van der Waals surface area (Å²) in [6.07, 6.45) is 1.68. The number of sulfonamides is 1. The molecule has 42 heavy (non-hydrogen) atoms. The molecule has 4 atom stereocenters. The molecule has 12 heteroatoms. The SMILES string of the molecule is C=[N+](C(=O)OC)C(C(=O)Nc1cccc(F)c1CCCC1CNCC(C)N1S(C)(=O)=O)C(c1ccc(Cl)cc1)C(C)C. The van der Waals surface area contributed by atoms with Crippen LogP contribution in [0.3, 0.4) is 0 Å². The predicted octanol–water partition coefficient (Wildman–Crippen LogP) is 4.65. The Morgan fingerprint density at radius 2 is 1.88 bits per heavy atom. The van der Waals surface area contributed by atoms with E-state index in [2.05, 4.69) is 17.4 Å². The van der Waals surface area contributed by atoms with Crippen LogP contribution in [-0.2, 0) is 26.0 Å². The summed E-state index contributed by atoms with van der Waals surface area (Å²) in [5.74, 6) is -1.63. The topological polar surface area (TPSA) is 108 Å². The van der Waals surface area contributed by atoms with Crippen molar-refractivity contribution in [2.45, 2.75) is 64.1 Å². The number of carbonyl (C=O) groups excluding carboxylic acids is 2. The van der Waals surface area contributed by atoms with E-state index in [-0.39, 0.29) is 30.1 Å². The second-order valence-corrected chi connectivity index (χ2v) is 13.4. The lowest BCUT2D eigenvalue weighted by Gasteiger charge is -2.39. The number of nitrogens with zero attached hydrogens (tertiary/aromatic N) is 2. The third-order valence-electron chi connectivity index (χ3n) is 7.66. The van der Waals surface area contributed by atoms with Crippen molar-refractivity contribution in [3.8, 4) is 0 Å². The van der Waals surface area contributed by atoms with Crippen molar-refractivity contribution in [1.82, 2.24) is 9.62 Å². The molecule has 1 saturated heterocycles. The van der Waals surface area contributed by atoms with Crippen molar-refractivity contribution in [3.05, 3.63) is 64.4 Å². The highest BCUT2D eigenvalue weighted by atomic mass is 35.5. The summed E-state index contributed by atoms with van der Waals surface area (Å²) in [6.45, 7) is 10.6. The van der Waals surface area contributed by atoms with Gasteiger partial charge in [-0.05, 0) is 61.9 Å². The minimum atomic E-state index is -3.41. The van der Waals surface area contributed by atoms with Gasteiger partial charge in [0.1, 0.15) is 12.5 Å². The average Bonchev–Trinajstić information content (AvgIpc) is 2.92. The first-order chi connectivity index (χ1) is 19.8. The Morgan fingerprint density at radius 3 is 2.48 bits per heavy atom. The zero-order valence-electron chi connectivity index (χ0n) is 24.8. The summed E-state index contributed by atoms with van der Waals surface area (Å²) in [7, 11) is -2.20. The van der Waals surface area contributed by atoms with Crippen LogP contribution in [-0.4, -0.2) is 80.6 Å². The van der Waals surface area contributed by atoms with Gasteiger partial charge in [0, 0.05) is 41.4 Å². The van der Waals surface area contributed by atoms with Gasteiger partial charge in [0.05, 0.1) is 19.3 Å². The van der Waals surface area contributed by atoms with Crippen molar-refractivity contribution in [3.63, 3.8) is 0 Å². The highest BCUT2D eigenvalue weighted by Crippen LogP contribution is 2.32. The number of amides is 2. The highest BCUT2D eigenvalue weighted by Gasteiger charge is 2.44. The third-order valence-corrected chi connectivity index (χ3v) is 9.34. The van der Waals surface area contributed by atoms with Gasteiger partial charge in [-0.1, -0.05) is 43.6 Å². The fourth-order valence-corrected chi connectivity index (χ4v) is 7.40. The van der Waals surface area contributed by atoms with Crippen LogP contribution in [0.25, 0.3) is 0 Å². The van der Waals surface area contributed by atoms with Crippen LogP contribution in [0.4, 0.5) is 14.9 Å². The van der Waals surface area contributed by atoms with Crippen molar-refractivity contribution < 1.29 is 31.7 Å². The van der Waals surface area contributed by atoms with Crippen LogP contribution in [0.2, 0.25) is 5.02 Å². The molecule has 2 N–H and O–H groups in total. The molecule has 0 radical (unpaired) electrons. The molecular weight excluding hydrogens is 583 g/mol. The van der Waals surface area contributed by atoms with Gasteiger partial charge in [-0.3, -0.25) is 4.79 Å². The monoisotopic (exact) mass is 623 g/mol. The maximum Gasteiger partial charge on any atom is 0.596 e. The number of carbonyl (C=O) groups is 2. The number of rotatable bonds is 11. The van der Waals surface area contributed by atoms with Gasteiger partial charge in [-0.25, -0.2) is 12.8 Å². The zero-order chi connectivity index (χ0) is 31.2. The molecule has 4 unspecified atom stereocenters. The Balaban J connectivity index is 1.88. The molecule has 0 bridgehead atoms. The predicted molar refractivity (Wildman–Crippen MR) is 163 cm³/mol. The van der Waals surface area contributed by atoms with E-state index in [9.17, 15) is 18.0 Å². The van der Waals surface area contributed by atoms with Crippen LogP contribution in [0.5, 0.6) is 0 Å². The number of hydrogen-bond donors (Lipinski definition) is 2. The molecule has 2 aromatic rings. The Morgan fingerprint density at radius 1 is 1.21 bits per heavy atom. The molecular formula is C30H41ClFN4O5S+. The van der Waals surface area contributed by atoms with Crippen LogP contribution in [0.15, 0.2) is 42.5 Å². The lowest BCUT2D eigenvalue weighted by molar-refractivity contribution is -0.470. The number of nitrogens with one attached hydrogen (secondary N) is 2. The first-order valence-electron chi connectivity index (χ1n) is 14.0. The summed E-state index contributed by atoms with van der Waals surface area (Å²) < 4.78 is 47.4. The van der Waals surface area contributed by atoms with Crippen molar-refractivity contribution in [2.75, 3.05) is 31.8 Å². The number of hydrogen-bond acceptors (Lipinski definition) is 6. The van der Waals surface area contributed by atoms with E-state index in [0.29, 0.717) is 36.5 Å². The number of piperazine rings is 1. The first kappa shape index (κ1) is 33.6. The fraction of sp³-hybridized carbons (Fsp3) is 0.500. The Labute approximate surface area is 253 Å². The Bertz CT molecular complexity index is 1390. The van der Waals surface area contributed by atoms with Gasteiger partial charge in [-0.15, -0.1) is 4.58 Å². The van der Waals surface area contributed by atoms with Crippen LogP contribution in [0, 0.1) is 11.7 Å². The summed E-state index contributed by atoms with van der Waals surface area (Å²) in [5.41, 5.74) is 1.35. The molecule has 3 rings (SSSR count). The minimum absolute atomic E-state index is 0.105. The van der Waals surface area contributed by atoms with Crippen LogP contribution in [0.1, 0.15) is 50.7 Å². The summed E-state index contributed by atoms with van der Waals surface area (Å²) in [4.78, 5) is 26.5. The standard InChI is InChI=1S/C30H40ClFN4O5S/c1-19(2)27(21-13-15-22(31)16-14-21)28(35(4)30(38)41-5)29(37)34-26-12-8-11-25(32)24(26)10-7-9-23-18-33-17-20(3)36(23)42(6,39)40/h8,11-16,19-20,23,27-28,33H,4,7,9-10,17-18H2,1-3,5-6H3/p+1. The fourth-order valence-electron chi connectivity index (χ4n) is 5.82. The molecule has 9 nitrogen and oxygen atoms in total. The molecule has 1 fully saturated rings. The number of halogens is 2. The van der Waals surface area contributed by atoms with Crippen molar-refractivity contribution >= 4 is 46.0 Å². The quantitative estimate of drug-likeness (QED) is 0.279. The molecule has 0 spiro atoms. The normalized spacial score (nSPS) is 19.2. The maximum absolute atomic E-state index is 15.1. The van der Waals surface area contributed by atoms with Gasteiger partial charge in [0.25, 0.3) is 5.91 Å². The van der Waals surface area contributed by atoms with Crippen molar-refractivity contribution in [2.24, 2.45) is 5.92 Å². The van der Waals surface area contributed by atoms with E-state index < -0.39 is 39.8 Å². The molecule has 1 heterocycles. The van der Waals surface area contributed by atoms with Crippen molar-refractivity contribution in [1.29, 1.82) is 0 Å². The number of anilines is 1. The number of methoxy groups -OCH3 is 1. The van der Waals surface area contributed by atoms with Gasteiger partial charge in [-0.2, -0.15) is 9.10 Å². The largest absolute Gasteiger partial charge is 0.596 e. The third kappa shape index (κ3) is 8.15. The van der Waals surface area contributed by atoms with E-state index in [1.54, 1.807) is 30.3 Å². The van der Waals surface area contributed by atoms with Gasteiger partial charge in [0.2, 0.25) is 16.1 Å². The number of benzene rings is 2. The smallest absolute Gasteiger partial charge is 0.415 e. The van der Waals surface area contributed by atoms with E-state index >= 15 is 4.39 Å². The van der Waals surface area contributed by atoms with Crippen LogP contribution < -0.4 is 10.6 Å². The van der Waals surface area contributed by atoms with E-state index in [1.165, 1.54) is 29.8 Å². The first-order valence-corrected chi connectivity index (χ1v) is 16.2.